The molecule has 6 heteroatoms. The van der Waals surface area contributed by atoms with Crippen LogP contribution in [0, 0.1) is 0 Å². The van der Waals surface area contributed by atoms with Gasteiger partial charge in [0.15, 0.2) is 0 Å². The summed E-state index contributed by atoms with van der Waals surface area (Å²) >= 11 is 5.83. The van der Waals surface area contributed by atoms with E-state index in [9.17, 15) is 0 Å². The summed E-state index contributed by atoms with van der Waals surface area (Å²) in [6.07, 6.45) is 1.54. The Morgan fingerprint density at radius 2 is 1.84 bits per heavy atom. The fourth-order valence-corrected chi connectivity index (χ4v) is 1.70. The van der Waals surface area contributed by atoms with Crippen molar-refractivity contribution in [2.75, 3.05) is 5.73 Å². The minimum atomic E-state index is 0.352. The molecule has 0 aliphatic rings. The number of nitrogen functional groups attached to an aromatic ring is 1. The van der Waals surface area contributed by atoms with Crippen LogP contribution in [0.1, 0.15) is 0 Å². The molecule has 0 aliphatic carbocycles. The van der Waals surface area contributed by atoms with E-state index in [1.54, 1.807) is 30.5 Å². The number of aromatic nitrogens is 3. The zero-order chi connectivity index (χ0) is 13.2. The van der Waals surface area contributed by atoms with E-state index in [-0.39, 0.29) is 0 Å². The van der Waals surface area contributed by atoms with Crippen LogP contribution in [0.25, 0.3) is 23.0 Å². The van der Waals surface area contributed by atoms with Crippen LogP contribution in [-0.2, 0) is 0 Å². The highest BCUT2D eigenvalue weighted by molar-refractivity contribution is 6.30. The lowest BCUT2D eigenvalue weighted by molar-refractivity contribution is 0.431. The lowest BCUT2D eigenvalue weighted by atomic mass is 10.2. The van der Waals surface area contributed by atoms with Gasteiger partial charge in [-0.3, -0.25) is 0 Å². The van der Waals surface area contributed by atoms with Gasteiger partial charge in [0.25, 0.3) is 5.89 Å². The molecule has 94 valence electrons. The summed E-state index contributed by atoms with van der Waals surface area (Å²) < 4.78 is 5.18. The second kappa shape index (κ2) is 4.70. The van der Waals surface area contributed by atoms with Gasteiger partial charge in [0.05, 0.1) is 11.9 Å². The summed E-state index contributed by atoms with van der Waals surface area (Å²) in [5, 5.41) is 4.57. The molecule has 1 aromatic carbocycles. The Hall–Kier alpha value is -2.40. The summed E-state index contributed by atoms with van der Waals surface area (Å²) in [6.45, 7) is 0. The fraction of sp³-hybridized carbons (Fsp3) is 0. The zero-order valence-corrected chi connectivity index (χ0v) is 10.5. The summed E-state index contributed by atoms with van der Waals surface area (Å²) in [5.74, 6) is 0.843. The SMILES string of the molecule is Nc1ccc(-c2nc(-c3ccc(Cl)cc3)no2)nc1. The molecular formula is C13H9ClN4O. The standard InChI is InChI=1S/C13H9ClN4O/c14-9-3-1-8(2-4-9)12-17-13(19-18-12)11-6-5-10(15)7-16-11/h1-7H,15H2. The normalized spacial score (nSPS) is 10.6. The second-order valence-electron chi connectivity index (χ2n) is 3.91. The smallest absolute Gasteiger partial charge is 0.276 e. The van der Waals surface area contributed by atoms with Crippen molar-refractivity contribution in [1.82, 2.24) is 15.1 Å². The van der Waals surface area contributed by atoms with E-state index < -0.39 is 0 Å². The topological polar surface area (TPSA) is 77.8 Å². The van der Waals surface area contributed by atoms with Gasteiger partial charge in [-0.15, -0.1) is 0 Å². The highest BCUT2D eigenvalue weighted by Gasteiger charge is 2.11. The van der Waals surface area contributed by atoms with Crippen LogP contribution in [0.3, 0.4) is 0 Å². The summed E-state index contributed by atoms with van der Waals surface area (Å²) in [5.41, 5.74) is 7.57. The molecule has 0 saturated heterocycles. The van der Waals surface area contributed by atoms with Gasteiger partial charge >= 0.3 is 0 Å². The molecule has 0 bridgehead atoms. The first-order chi connectivity index (χ1) is 9.22. The Balaban J connectivity index is 1.95. The number of rotatable bonds is 2. The zero-order valence-electron chi connectivity index (χ0n) is 9.75. The maximum absolute atomic E-state index is 5.83. The predicted molar refractivity (Wildman–Crippen MR) is 72.4 cm³/mol. The molecule has 0 atom stereocenters. The number of nitrogens with zero attached hydrogens (tertiary/aromatic N) is 3. The number of pyridine rings is 1. The quantitative estimate of drug-likeness (QED) is 0.776. The molecule has 0 spiro atoms. The monoisotopic (exact) mass is 272 g/mol. The molecular weight excluding hydrogens is 264 g/mol. The van der Waals surface area contributed by atoms with Crippen molar-refractivity contribution in [2.45, 2.75) is 0 Å². The van der Waals surface area contributed by atoms with Crippen molar-refractivity contribution in [2.24, 2.45) is 0 Å². The Morgan fingerprint density at radius 1 is 1.05 bits per heavy atom. The van der Waals surface area contributed by atoms with Crippen molar-refractivity contribution >= 4 is 17.3 Å². The third-order valence-corrected chi connectivity index (χ3v) is 2.79. The Labute approximate surface area is 114 Å². The van der Waals surface area contributed by atoms with Gasteiger partial charge in [0, 0.05) is 10.6 Å². The van der Waals surface area contributed by atoms with Crippen molar-refractivity contribution in [3.8, 4) is 23.0 Å². The Morgan fingerprint density at radius 3 is 2.53 bits per heavy atom. The average Bonchev–Trinajstić information content (AvgIpc) is 2.90. The van der Waals surface area contributed by atoms with Crippen molar-refractivity contribution in [3.63, 3.8) is 0 Å². The molecule has 5 nitrogen and oxygen atoms in total. The van der Waals surface area contributed by atoms with Gasteiger partial charge in [-0.25, -0.2) is 4.98 Å². The molecule has 3 rings (SSSR count). The van der Waals surface area contributed by atoms with Gasteiger partial charge < -0.3 is 10.3 Å². The molecule has 19 heavy (non-hydrogen) atoms. The summed E-state index contributed by atoms with van der Waals surface area (Å²) in [4.78, 5) is 8.41. The molecule has 3 aromatic rings. The van der Waals surface area contributed by atoms with Crippen LogP contribution < -0.4 is 5.73 Å². The second-order valence-corrected chi connectivity index (χ2v) is 4.34. The van der Waals surface area contributed by atoms with E-state index in [1.165, 1.54) is 0 Å². The van der Waals surface area contributed by atoms with Crippen molar-refractivity contribution in [3.05, 3.63) is 47.6 Å². The van der Waals surface area contributed by atoms with Crippen molar-refractivity contribution in [1.29, 1.82) is 0 Å². The number of halogens is 1. The van der Waals surface area contributed by atoms with Crippen LogP contribution in [0.2, 0.25) is 5.02 Å². The van der Waals surface area contributed by atoms with Crippen molar-refractivity contribution < 1.29 is 4.52 Å². The first kappa shape index (κ1) is 11.7. The Kier molecular flexibility index (Phi) is 2.89. The molecule has 0 aliphatic heterocycles. The third-order valence-electron chi connectivity index (χ3n) is 2.53. The Bertz CT molecular complexity index is 631. The average molecular weight is 273 g/mol. The number of hydrogen-bond acceptors (Lipinski definition) is 5. The fourth-order valence-electron chi connectivity index (χ4n) is 1.58. The van der Waals surface area contributed by atoms with Gasteiger partial charge in [-0.2, -0.15) is 4.98 Å². The minimum Gasteiger partial charge on any atom is -0.397 e. The maximum atomic E-state index is 5.83. The minimum absolute atomic E-state index is 0.352. The van der Waals surface area contributed by atoms with Crippen LogP contribution >= 0.6 is 11.6 Å². The molecule has 2 heterocycles. The summed E-state index contributed by atoms with van der Waals surface area (Å²) in [7, 11) is 0. The maximum Gasteiger partial charge on any atom is 0.276 e. The number of anilines is 1. The van der Waals surface area contributed by atoms with Crippen LogP contribution in [-0.4, -0.2) is 15.1 Å². The third kappa shape index (κ3) is 2.41. The molecule has 0 saturated carbocycles. The molecule has 0 unspecified atom stereocenters. The summed E-state index contributed by atoms with van der Waals surface area (Å²) in [6, 6.07) is 10.7. The lowest BCUT2D eigenvalue weighted by Crippen LogP contribution is -1.88. The molecule has 0 radical (unpaired) electrons. The number of hydrogen-bond donors (Lipinski definition) is 1. The first-order valence-corrected chi connectivity index (χ1v) is 5.92. The highest BCUT2D eigenvalue weighted by atomic mass is 35.5. The molecule has 2 aromatic heterocycles. The van der Waals surface area contributed by atoms with E-state index in [4.69, 9.17) is 21.9 Å². The van der Waals surface area contributed by atoms with E-state index in [1.807, 2.05) is 12.1 Å². The molecule has 2 N–H and O–H groups in total. The van der Waals surface area contributed by atoms with Crippen LogP contribution in [0.4, 0.5) is 5.69 Å². The highest BCUT2D eigenvalue weighted by Crippen LogP contribution is 2.22. The first-order valence-electron chi connectivity index (χ1n) is 5.54. The number of nitrogens with two attached hydrogens (primary N) is 1. The van der Waals surface area contributed by atoms with E-state index in [2.05, 4.69) is 15.1 Å². The van der Waals surface area contributed by atoms with Crippen LogP contribution in [0.15, 0.2) is 47.1 Å². The van der Waals surface area contributed by atoms with Gasteiger partial charge in [-0.1, -0.05) is 16.8 Å². The lowest BCUT2D eigenvalue weighted by Gasteiger charge is -1.94. The van der Waals surface area contributed by atoms with E-state index in [0.717, 1.165) is 5.56 Å². The number of benzene rings is 1. The predicted octanol–water partition coefficient (Wildman–Crippen LogP) is 3.03. The van der Waals surface area contributed by atoms with Crippen LogP contribution in [0.5, 0.6) is 0 Å². The van der Waals surface area contributed by atoms with E-state index in [0.29, 0.717) is 28.1 Å². The van der Waals surface area contributed by atoms with Gasteiger partial charge in [0.1, 0.15) is 5.69 Å². The molecule has 0 fully saturated rings. The van der Waals surface area contributed by atoms with E-state index >= 15 is 0 Å². The largest absolute Gasteiger partial charge is 0.397 e. The van der Waals surface area contributed by atoms with Gasteiger partial charge in [0.2, 0.25) is 5.82 Å². The molecule has 0 amide bonds. The van der Waals surface area contributed by atoms with Gasteiger partial charge in [-0.05, 0) is 36.4 Å².